The molecule has 1 rings (SSSR count). The molecule has 2 N–H and O–H groups in total. The highest BCUT2D eigenvalue weighted by molar-refractivity contribution is 8.08. The zero-order valence-electron chi connectivity index (χ0n) is 15.0. The third-order valence-corrected chi connectivity index (χ3v) is 4.98. The van der Waals surface area contributed by atoms with Crippen molar-refractivity contribution in [3.63, 3.8) is 0 Å². The Kier molecular flexibility index (Phi) is 8.66. The summed E-state index contributed by atoms with van der Waals surface area (Å²) in [5.74, 6) is -0.216. The van der Waals surface area contributed by atoms with Crippen molar-refractivity contribution in [3.8, 4) is 0 Å². The number of ketones is 1. The number of nitrogens with zero attached hydrogens (tertiary/aromatic N) is 1. The second-order valence-corrected chi connectivity index (χ2v) is 6.66. The Labute approximate surface area is 155 Å². The Morgan fingerprint density at radius 3 is 2.35 bits per heavy atom. The molecule has 0 saturated heterocycles. The van der Waals surface area contributed by atoms with Crippen molar-refractivity contribution >= 4 is 22.5 Å². The van der Waals surface area contributed by atoms with E-state index in [2.05, 4.69) is 0 Å². The van der Waals surface area contributed by atoms with Crippen molar-refractivity contribution in [3.05, 3.63) is 41.1 Å². The molecule has 26 heavy (non-hydrogen) atoms. The second-order valence-electron chi connectivity index (χ2n) is 5.63. The molecule has 0 aliphatic rings. The van der Waals surface area contributed by atoms with Gasteiger partial charge in [0.1, 0.15) is 0 Å². The van der Waals surface area contributed by atoms with Gasteiger partial charge in [-0.15, -0.1) is 11.8 Å². The summed E-state index contributed by atoms with van der Waals surface area (Å²) in [5, 5.41) is 18.7. The van der Waals surface area contributed by atoms with Crippen LogP contribution >= 0.6 is 11.8 Å². The van der Waals surface area contributed by atoms with Crippen LogP contribution in [-0.4, -0.2) is 52.4 Å². The fourth-order valence-corrected chi connectivity index (χ4v) is 3.59. The van der Waals surface area contributed by atoms with Crippen LogP contribution in [0.2, 0.25) is 0 Å². The number of hydrogen-bond donors (Lipinski definition) is 2. The maximum atomic E-state index is 13.1. The van der Waals surface area contributed by atoms with Gasteiger partial charge in [-0.3, -0.25) is 4.79 Å². The highest BCUT2D eigenvalue weighted by Crippen LogP contribution is 2.37. The smallest absolute Gasteiger partial charge is 0.394 e. The molecule has 146 valence electrons. The SMILES string of the molecule is CCN(CC)C(C(C)=O)=C(SCC(O)CO)c1cccc(C(F)(F)F)c1. The zero-order chi connectivity index (χ0) is 19.9. The maximum absolute atomic E-state index is 13.1. The standard InChI is InChI=1S/C18H24F3NO3S/c1-4-22(5-2)16(12(3)24)17(26-11-15(25)10-23)13-7-6-8-14(9-13)18(19,20)21/h6-9,15,23,25H,4-5,10-11H2,1-3H3. The minimum atomic E-state index is -4.50. The summed E-state index contributed by atoms with van der Waals surface area (Å²) >= 11 is 1.06. The fraction of sp³-hybridized carbons (Fsp3) is 0.500. The van der Waals surface area contributed by atoms with Gasteiger partial charge < -0.3 is 15.1 Å². The van der Waals surface area contributed by atoms with Gasteiger partial charge in [-0.05, 0) is 31.5 Å². The minimum Gasteiger partial charge on any atom is -0.394 e. The molecule has 0 bridgehead atoms. The molecule has 8 heteroatoms. The highest BCUT2D eigenvalue weighted by atomic mass is 32.2. The summed E-state index contributed by atoms with van der Waals surface area (Å²) in [4.78, 5) is 14.4. The number of halogens is 3. The lowest BCUT2D eigenvalue weighted by Crippen LogP contribution is -2.27. The van der Waals surface area contributed by atoms with Gasteiger partial charge in [0.15, 0.2) is 5.78 Å². The van der Waals surface area contributed by atoms with Gasteiger partial charge in [-0.2, -0.15) is 13.2 Å². The van der Waals surface area contributed by atoms with Crippen molar-refractivity contribution in [2.75, 3.05) is 25.4 Å². The van der Waals surface area contributed by atoms with Gasteiger partial charge >= 0.3 is 6.18 Å². The molecule has 1 atom stereocenters. The number of carbonyl (C=O) groups is 1. The first-order valence-corrected chi connectivity index (χ1v) is 9.23. The Morgan fingerprint density at radius 2 is 1.88 bits per heavy atom. The van der Waals surface area contributed by atoms with E-state index >= 15 is 0 Å². The van der Waals surface area contributed by atoms with Crippen LogP contribution in [-0.2, 0) is 11.0 Å². The van der Waals surface area contributed by atoms with Gasteiger partial charge in [0.25, 0.3) is 0 Å². The average Bonchev–Trinajstić information content (AvgIpc) is 2.60. The molecule has 0 spiro atoms. The molecule has 0 saturated carbocycles. The third kappa shape index (κ3) is 6.03. The van der Waals surface area contributed by atoms with Crippen LogP contribution in [0.1, 0.15) is 31.9 Å². The predicted octanol–water partition coefficient (Wildman–Crippen LogP) is 3.39. The number of benzene rings is 1. The van der Waals surface area contributed by atoms with Crippen LogP contribution in [0.15, 0.2) is 30.0 Å². The Hall–Kier alpha value is -1.51. The normalized spacial score (nSPS) is 14.0. The maximum Gasteiger partial charge on any atom is 0.416 e. The number of rotatable bonds is 9. The number of allylic oxidation sites excluding steroid dienone is 1. The van der Waals surface area contributed by atoms with E-state index < -0.39 is 24.5 Å². The summed E-state index contributed by atoms with van der Waals surface area (Å²) in [6.45, 7) is 5.62. The summed E-state index contributed by atoms with van der Waals surface area (Å²) in [6, 6.07) is 4.77. The number of thioether (sulfide) groups is 1. The molecule has 1 aromatic rings. The van der Waals surface area contributed by atoms with Crippen LogP contribution in [0.5, 0.6) is 0 Å². The number of Topliss-reactive ketones (excluding diaryl/α,β-unsaturated/α-hetero) is 1. The lowest BCUT2D eigenvalue weighted by molar-refractivity contribution is -0.137. The number of alkyl halides is 3. The van der Waals surface area contributed by atoms with Crippen LogP contribution in [0.25, 0.3) is 4.91 Å². The number of carbonyl (C=O) groups excluding carboxylic acids is 1. The summed E-state index contributed by atoms with van der Waals surface area (Å²) in [6.07, 6.45) is -5.53. The van der Waals surface area contributed by atoms with E-state index in [4.69, 9.17) is 5.11 Å². The highest BCUT2D eigenvalue weighted by Gasteiger charge is 2.31. The van der Waals surface area contributed by atoms with E-state index in [1.165, 1.54) is 19.1 Å². The topological polar surface area (TPSA) is 60.8 Å². The number of hydrogen-bond acceptors (Lipinski definition) is 5. The molecule has 0 fully saturated rings. The molecule has 0 aliphatic carbocycles. The van der Waals surface area contributed by atoms with E-state index in [0.717, 1.165) is 23.9 Å². The van der Waals surface area contributed by atoms with E-state index in [0.29, 0.717) is 23.7 Å². The van der Waals surface area contributed by atoms with Crippen molar-refractivity contribution in [1.82, 2.24) is 4.90 Å². The summed E-state index contributed by atoms with van der Waals surface area (Å²) < 4.78 is 39.2. The Morgan fingerprint density at radius 1 is 1.27 bits per heavy atom. The molecule has 0 aromatic heterocycles. The molecule has 1 unspecified atom stereocenters. The molecule has 1 aromatic carbocycles. The van der Waals surface area contributed by atoms with Crippen molar-refractivity contribution in [1.29, 1.82) is 0 Å². The Balaban J connectivity index is 3.53. The monoisotopic (exact) mass is 391 g/mol. The number of aliphatic hydroxyl groups excluding tert-OH is 2. The predicted molar refractivity (Wildman–Crippen MR) is 97.5 cm³/mol. The van der Waals surface area contributed by atoms with Crippen LogP contribution in [0.3, 0.4) is 0 Å². The van der Waals surface area contributed by atoms with Gasteiger partial charge in [0.2, 0.25) is 0 Å². The summed E-state index contributed by atoms with van der Waals surface area (Å²) in [5.41, 5.74) is -0.241. The van der Waals surface area contributed by atoms with Gasteiger partial charge in [-0.25, -0.2) is 0 Å². The zero-order valence-corrected chi connectivity index (χ0v) is 15.8. The molecule has 4 nitrogen and oxygen atoms in total. The van der Waals surface area contributed by atoms with Crippen molar-refractivity contribution in [2.45, 2.75) is 33.1 Å². The largest absolute Gasteiger partial charge is 0.416 e. The molecule has 0 amide bonds. The minimum absolute atomic E-state index is 0.0557. The van der Waals surface area contributed by atoms with Crippen LogP contribution in [0, 0.1) is 0 Å². The lowest BCUT2D eigenvalue weighted by atomic mass is 10.1. The van der Waals surface area contributed by atoms with Crippen LogP contribution < -0.4 is 0 Å². The van der Waals surface area contributed by atoms with Crippen molar-refractivity contribution < 1.29 is 28.2 Å². The molecule has 0 heterocycles. The van der Waals surface area contributed by atoms with Gasteiger partial charge in [0, 0.05) is 30.7 Å². The number of likely N-dealkylation sites (N-methyl/N-ethyl adjacent to an activating group) is 1. The first kappa shape index (κ1) is 22.5. The quantitative estimate of drug-likeness (QED) is 0.632. The third-order valence-electron chi connectivity index (χ3n) is 3.71. The molecular formula is C18H24F3NO3S. The second kappa shape index (κ2) is 9.99. The molecular weight excluding hydrogens is 367 g/mol. The van der Waals surface area contributed by atoms with Crippen molar-refractivity contribution in [2.24, 2.45) is 0 Å². The summed E-state index contributed by atoms with van der Waals surface area (Å²) in [7, 11) is 0. The van der Waals surface area contributed by atoms with Gasteiger partial charge in [0.05, 0.1) is 24.0 Å². The number of aliphatic hydroxyl groups is 2. The van der Waals surface area contributed by atoms with E-state index in [-0.39, 0.29) is 17.1 Å². The lowest BCUT2D eigenvalue weighted by Gasteiger charge is -2.26. The fourth-order valence-electron chi connectivity index (χ4n) is 2.42. The molecule has 0 aliphatic heterocycles. The first-order chi connectivity index (χ1) is 12.1. The van der Waals surface area contributed by atoms with Crippen LogP contribution in [0.4, 0.5) is 13.2 Å². The van der Waals surface area contributed by atoms with E-state index in [9.17, 15) is 23.1 Å². The van der Waals surface area contributed by atoms with E-state index in [1.807, 2.05) is 13.8 Å². The molecule has 0 radical (unpaired) electrons. The Bertz CT molecular complexity index is 643. The van der Waals surface area contributed by atoms with Gasteiger partial charge in [-0.1, -0.05) is 12.1 Å². The first-order valence-electron chi connectivity index (χ1n) is 8.25. The average molecular weight is 391 g/mol. The van der Waals surface area contributed by atoms with E-state index in [1.54, 1.807) is 4.90 Å².